The molecule has 1 saturated heterocycles. The average Bonchev–Trinajstić information content (AvgIpc) is 2.88. The van der Waals surface area contributed by atoms with E-state index in [0.29, 0.717) is 12.0 Å². The van der Waals surface area contributed by atoms with Crippen LogP contribution >= 0.6 is 24.0 Å². The zero-order valence-corrected chi connectivity index (χ0v) is 20.6. The van der Waals surface area contributed by atoms with Crippen LogP contribution in [0.4, 0.5) is 0 Å². The number of guanidine groups is 1. The van der Waals surface area contributed by atoms with Crippen LogP contribution in [0.15, 0.2) is 17.4 Å². The predicted molar refractivity (Wildman–Crippen MR) is 130 cm³/mol. The van der Waals surface area contributed by atoms with E-state index in [1.54, 1.807) is 0 Å². The van der Waals surface area contributed by atoms with Gasteiger partial charge in [-0.3, -0.25) is 14.6 Å². The maximum absolute atomic E-state index is 4.93. The molecule has 1 aliphatic rings. The van der Waals surface area contributed by atoms with E-state index >= 15 is 0 Å². The van der Waals surface area contributed by atoms with Crippen molar-refractivity contribution in [3.05, 3.63) is 18.0 Å². The molecule has 0 amide bonds. The lowest BCUT2D eigenvalue weighted by Crippen LogP contribution is -2.44. The molecule has 2 heterocycles. The van der Waals surface area contributed by atoms with Crippen LogP contribution in [0.5, 0.6) is 0 Å². The molecule has 0 aliphatic carbocycles. The van der Waals surface area contributed by atoms with Gasteiger partial charge in [-0.15, -0.1) is 24.0 Å². The highest BCUT2D eigenvalue weighted by molar-refractivity contribution is 14.0. The van der Waals surface area contributed by atoms with Crippen molar-refractivity contribution in [1.82, 2.24) is 25.3 Å². The molecule has 1 unspecified atom stereocenters. The van der Waals surface area contributed by atoms with E-state index in [1.807, 2.05) is 17.9 Å². The third-order valence-electron chi connectivity index (χ3n) is 5.35. The largest absolute Gasteiger partial charge is 0.357 e. The van der Waals surface area contributed by atoms with Crippen LogP contribution < -0.4 is 10.6 Å². The van der Waals surface area contributed by atoms with E-state index in [-0.39, 0.29) is 24.0 Å². The molecule has 0 bridgehead atoms. The summed E-state index contributed by atoms with van der Waals surface area (Å²) in [6.07, 6.45) is 11.6. The standard InChI is InChI=1S/C21H40N6.HI/c1-5-22-21(23-12-10-11-19-15-25-26(4)17-19)24-16-20(18(2)3)27-13-8-6-7-9-14-27;/h15,17-18,20H,5-14,16H2,1-4H3,(H2,22,23,24);1H. The predicted octanol–water partition coefficient (Wildman–Crippen LogP) is 3.43. The Labute approximate surface area is 189 Å². The van der Waals surface area contributed by atoms with E-state index in [1.165, 1.54) is 44.3 Å². The van der Waals surface area contributed by atoms with Gasteiger partial charge in [0, 0.05) is 32.4 Å². The molecular formula is C21H41IN6. The number of aromatic nitrogens is 2. The highest BCUT2D eigenvalue weighted by atomic mass is 127. The molecule has 6 nitrogen and oxygen atoms in total. The Morgan fingerprint density at radius 2 is 1.89 bits per heavy atom. The Bertz CT molecular complexity index is 549. The van der Waals surface area contributed by atoms with E-state index in [4.69, 9.17) is 4.99 Å². The van der Waals surface area contributed by atoms with E-state index in [0.717, 1.165) is 38.4 Å². The lowest BCUT2D eigenvalue weighted by molar-refractivity contribution is 0.166. The fraction of sp³-hybridized carbons (Fsp3) is 0.810. The molecule has 0 spiro atoms. The fourth-order valence-electron chi connectivity index (χ4n) is 3.80. The lowest BCUT2D eigenvalue weighted by Gasteiger charge is -2.32. The zero-order chi connectivity index (χ0) is 19.5. The van der Waals surface area contributed by atoms with Crippen molar-refractivity contribution in [2.45, 2.75) is 65.3 Å². The SMILES string of the molecule is CCNC(=NCC(C(C)C)N1CCCCCC1)NCCCc1cnn(C)c1.I. The first-order valence-electron chi connectivity index (χ1n) is 10.8. The minimum atomic E-state index is 0. The number of aryl methyl sites for hydroxylation is 2. The lowest BCUT2D eigenvalue weighted by atomic mass is 10.0. The molecule has 28 heavy (non-hydrogen) atoms. The van der Waals surface area contributed by atoms with E-state index < -0.39 is 0 Å². The van der Waals surface area contributed by atoms with Gasteiger partial charge in [-0.05, 0) is 57.2 Å². The molecule has 0 aromatic carbocycles. The minimum absolute atomic E-state index is 0. The van der Waals surface area contributed by atoms with Crippen LogP contribution in [0.3, 0.4) is 0 Å². The number of nitrogens with zero attached hydrogens (tertiary/aromatic N) is 4. The Balaban J connectivity index is 0.00000392. The number of halogens is 1. The maximum Gasteiger partial charge on any atom is 0.191 e. The number of rotatable bonds is 9. The van der Waals surface area contributed by atoms with Gasteiger partial charge < -0.3 is 10.6 Å². The van der Waals surface area contributed by atoms with Crippen LogP contribution in [-0.4, -0.2) is 59.4 Å². The number of nitrogens with one attached hydrogen (secondary N) is 2. The summed E-state index contributed by atoms with van der Waals surface area (Å²) < 4.78 is 1.86. The smallest absolute Gasteiger partial charge is 0.191 e. The Kier molecular flexibility index (Phi) is 12.8. The normalized spacial score (nSPS) is 17.1. The summed E-state index contributed by atoms with van der Waals surface area (Å²) in [5.41, 5.74) is 1.29. The van der Waals surface area contributed by atoms with E-state index in [9.17, 15) is 0 Å². The monoisotopic (exact) mass is 504 g/mol. The third kappa shape index (κ3) is 9.11. The number of hydrogen-bond donors (Lipinski definition) is 2. The van der Waals surface area contributed by atoms with E-state index in [2.05, 4.69) is 47.6 Å². The molecule has 1 fully saturated rings. The maximum atomic E-state index is 4.93. The highest BCUT2D eigenvalue weighted by Crippen LogP contribution is 2.17. The van der Waals surface area contributed by atoms with Gasteiger partial charge in [-0.25, -0.2) is 0 Å². The second-order valence-electron chi connectivity index (χ2n) is 8.03. The second kappa shape index (κ2) is 14.2. The molecule has 1 atom stereocenters. The Morgan fingerprint density at radius 1 is 1.18 bits per heavy atom. The number of likely N-dealkylation sites (tertiary alicyclic amines) is 1. The molecule has 0 radical (unpaired) electrons. The van der Waals surface area contributed by atoms with Crippen LogP contribution in [0.2, 0.25) is 0 Å². The van der Waals surface area contributed by atoms with Gasteiger partial charge in [-0.2, -0.15) is 5.10 Å². The van der Waals surface area contributed by atoms with Gasteiger partial charge >= 0.3 is 0 Å². The molecular weight excluding hydrogens is 463 g/mol. The van der Waals surface area contributed by atoms with Gasteiger partial charge in [0.05, 0.1) is 12.7 Å². The quantitative estimate of drug-likeness (QED) is 0.234. The van der Waals surface area contributed by atoms with Gasteiger partial charge in [0.15, 0.2) is 5.96 Å². The van der Waals surface area contributed by atoms with Crippen molar-refractivity contribution in [2.24, 2.45) is 18.0 Å². The van der Waals surface area contributed by atoms with Gasteiger partial charge in [0.2, 0.25) is 0 Å². The van der Waals surface area contributed by atoms with Gasteiger partial charge in [-0.1, -0.05) is 26.7 Å². The molecule has 1 aromatic heterocycles. The second-order valence-corrected chi connectivity index (χ2v) is 8.03. The topological polar surface area (TPSA) is 57.5 Å². The summed E-state index contributed by atoms with van der Waals surface area (Å²) >= 11 is 0. The summed E-state index contributed by atoms with van der Waals surface area (Å²) in [6.45, 7) is 11.9. The molecule has 1 aliphatic heterocycles. The van der Waals surface area contributed by atoms with Gasteiger partial charge in [0.1, 0.15) is 0 Å². The zero-order valence-electron chi connectivity index (χ0n) is 18.3. The summed E-state index contributed by atoms with van der Waals surface area (Å²) in [6, 6.07) is 0.536. The van der Waals surface area contributed by atoms with Crippen molar-refractivity contribution >= 4 is 29.9 Å². The van der Waals surface area contributed by atoms with Crippen LogP contribution in [-0.2, 0) is 13.5 Å². The summed E-state index contributed by atoms with van der Waals surface area (Å²) in [5.74, 6) is 1.57. The summed E-state index contributed by atoms with van der Waals surface area (Å²) in [7, 11) is 1.97. The third-order valence-corrected chi connectivity index (χ3v) is 5.35. The molecule has 0 saturated carbocycles. The van der Waals surface area contributed by atoms with Gasteiger partial charge in [0.25, 0.3) is 0 Å². The number of aliphatic imine (C=N–C) groups is 1. The van der Waals surface area contributed by atoms with Crippen LogP contribution in [0.1, 0.15) is 58.4 Å². The van der Waals surface area contributed by atoms with Crippen molar-refractivity contribution in [3.63, 3.8) is 0 Å². The molecule has 1 aromatic rings. The average molecular weight is 505 g/mol. The first kappa shape index (κ1) is 25.2. The molecule has 7 heteroatoms. The van der Waals surface area contributed by atoms with Crippen LogP contribution in [0.25, 0.3) is 0 Å². The number of hydrogen-bond acceptors (Lipinski definition) is 3. The Hall–Kier alpha value is -0.830. The summed E-state index contributed by atoms with van der Waals surface area (Å²) in [5, 5.41) is 11.1. The molecule has 162 valence electrons. The minimum Gasteiger partial charge on any atom is -0.357 e. The van der Waals surface area contributed by atoms with Crippen LogP contribution in [0, 0.1) is 5.92 Å². The van der Waals surface area contributed by atoms with Crippen molar-refractivity contribution < 1.29 is 0 Å². The first-order valence-corrected chi connectivity index (χ1v) is 10.8. The Morgan fingerprint density at radius 3 is 2.46 bits per heavy atom. The fourth-order valence-corrected chi connectivity index (χ4v) is 3.80. The van der Waals surface area contributed by atoms with Crippen molar-refractivity contribution in [2.75, 3.05) is 32.7 Å². The molecule has 2 rings (SSSR count). The highest BCUT2D eigenvalue weighted by Gasteiger charge is 2.22. The summed E-state index contributed by atoms with van der Waals surface area (Å²) in [4.78, 5) is 7.60. The molecule has 2 N–H and O–H groups in total. The van der Waals surface area contributed by atoms with Crippen molar-refractivity contribution in [3.8, 4) is 0 Å². The van der Waals surface area contributed by atoms with Crippen molar-refractivity contribution in [1.29, 1.82) is 0 Å². The first-order chi connectivity index (χ1) is 13.1.